The maximum atomic E-state index is 12.4. The summed E-state index contributed by atoms with van der Waals surface area (Å²) in [7, 11) is 0. The molecule has 1 aliphatic heterocycles. The summed E-state index contributed by atoms with van der Waals surface area (Å²) in [5.74, 6) is -1.18. The number of ketones is 2. The summed E-state index contributed by atoms with van der Waals surface area (Å²) in [4.78, 5) is 34.6. The first kappa shape index (κ1) is 14.5. The van der Waals surface area contributed by atoms with Crippen molar-refractivity contribution >= 4 is 29.2 Å². The van der Waals surface area contributed by atoms with E-state index >= 15 is 0 Å². The summed E-state index contributed by atoms with van der Waals surface area (Å²) in [5.41, 5.74) is -1.01. The molecule has 0 radical (unpaired) electrons. The number of rotatable bonds is 1. The molecule has 0 spiro atoms. The fourth-order valence-electron chi connectivity index (χ4n) is 2.50. The Morgan fingerprint density at radius 2 is 1.91 bits per heavy atom. The molecule has 1 aromatic rings. The van der Waals surface area contributed by atoms with Gasteiger partial charge in [-0.2, -0.15) is 0 Å². The number of hydrogen-bond donors (Lipinski definition) is 0. The van der Waals surface area contributed by atoms with Gasteiger partial charge in [0, 0.05) is 16.7 Å². The molecule has 1 heterocycles. The Labute approximate surface area is 130 Å². The second kappa shape index (κ2) is 4.51. The zero-order chi connectivity index (χ0) is 16.2. The SMILES string of the molecule is CC1(C)C=Cc2c(ccc3c2C(=O)C(Cl)=C([N+](=O)[O-])C3=O)O1. The van der Waals surface area contributed by atoms with Crippen LogP contribution in [-0.2, 0) is 0 Å². The number of nitrogens with zero attached hydrogens (tertiary/aromatic N) is 1. The Morgan fingerprint density at radius 3 is 2.55 bits per heavy atom. The summed E-state index contributed by atoms with van der Waals surface area (Å²) in [5, 5.41) is 10.3. The number of benzene rings is 1. The number of allylic oxidation sites excluding steroid dienone is 2. The van der Waals surface area contributed by atoms with Crippen LogP contribution in [0.25, 0.3) is 6.08 Å². The van der Waals surface area contributed by atoms with Crippen LogP contribution in [0.5, 0.6) is 5.75 Å². The van der Waals surface area contributed by atoms with Crippen LogP contribution in [0.15, 0.2) is 28.9 Å². The van der Waals surface area contributed by atoms with E-state index < -0.39 is 32.8 Å². The number of carbonyl (C=O) groups excluding carboxylic acids is 2. The van der Waals surface area contributed by atoms with Gasteiger partial charge in [-0.3, -0.25) is 19.7 Å². The predicted octanol–water partition coefficient (Wildman–Crippen LogP) is 2.98. The number of hydrogen-bond acceptors (Lipinski definition) is 5. The summed E-state index contributed by atoms with van der Waals surface area (Å²) in [6.07, 6.45) is 3.41. The standard InChI is InChI=1S/C15H10ClNO5/c1-15(2)6-5-7-9(22-15)4-3-8-10(7)14(19)11(16)12(13(8)18)17(20)21/h3-6H,1-2H3. The van der Waals surface area contributed by atoms with Crippen LogP contribution < -0.4 is 4.74 Å². The topological polar surface area (TPSA) is 86.5 Å². The zero-order valence-electron chi connectivity index (χ0n) is 11.7. The number of halogens is 1. The minimum Gasteiger partial charge on any atom is -0.483 e. The molecule has 0 amide bonds. The van der Waals surface area contributed by atoms with Crippen molar-refractivity contribution in [3.8, 4) is 5.75 Å². The van der Waals surface area contributed by atoms with Crippen molar-refractivity contribution in [3.05, 3.63) is 55.7 Å². The van der Waals surface area contributed by atoms with E-state index in [1.807, 2.05) is 13.8 Å². The molecule has 0 N–H and O–H groups in total. The van der Waals surface area contributed by atoms with E-state index in [9.17, 15) is 19.7 Å². The number of ether oxygens (including phenoxy) is 1. The molecule has 0 bridgehead atoms. The molecule has 0 saturated heterocycles. The molecular formula is C15H10ClNO5. The van der Waals surface area contributed by atoms with Crippen molar-refractivity contribution in [2.45, 2.75) is 19.4 Å². The molecule has 6 nitrogen and oxygen atoms in total. The summed E-state index contributed by atoms with van der Waals surface area (Å²) < 4.78 is 5.74. The first-order valence-electron chi connectivity index (χ1n) is 6.42. The normalized spacial score (nSPS) is 18.7. The van der Waals surface area contributed by atoms with Crippen molar-refractivity contribution in [3.63, 3.8) is 0 Å². The Kier molecular flexibility index (Phi) is 2.97. The number of fused-ring (bicyclic) bond motifs is 3. The molecule has 0 atom stereocenters. The molecular weight excluding hydrogens is 310 g/mol. The van der Waals surface area contributed by atoms with E-state index in [1.165, 1.54) is 12.1 Å². The summed E-state index contributed by atoms with van der Waals surface area (Å²) >= 11 is 5.75. The fourth-order valence-corrected chi connectivity index (χ4v) is 2.75. The average Bonchev–Trinajstić information content (AvgIpc) is 2.42. The third kappa shape index (κ3) is 1.95. The van der Waals surface area contributed by atoms with Gasteiger partial charge in [-0.25, -0.2) is 0 Å². The molecule has 22 heavy (non-hydrogen) atoms. The van der Waals surface area contributed by atoms with E-state index in [0.29, 0.717) is 11.3 Å². The van der Waals surface area contributed by atoms with Crippen molar-refractivity contribution in [2.75, 3.05) is 0 Å². The lowest BCUT2D eigenvalue weighted by Crippen LogP contribution is -2.30. The van der Waals surface area contributed by atoms with E-state index in [1.54, 1.807) is 12.2 Å². The Hall–Kier alpha value is -2.47. The van der Waals surface area contributed by atoms with Crippen LogP contribution in [0.3, 0.4) is 0 Å². The van der Waals surface area contributed by atoms with E-state index in [2.05, 4.69) is 0 Å². The molecule has 2 aliphatic rings. The largest absolute Gasteiger partial charge is 0.483 e. The van der Waals surface area contributed by atoms with Gasteiger partial charge in [-0.05, 0) is 32.1 Å². The summed E-state index contributed by atoms with van der Waals surface area (Å²) in [6.45, 7) is 3.69. The maximum absolute atomic E-state index is 12.4. The van der Waals surface area contributed by atoms with Crippen LogP contribution in [0, 0.1) is 10.1 Å². The minimum atomic E-state index is -0.930. The lowest BCUT2D eigenvalue weighted by atomic mass is 9.86. The zero-order valence-corrected chi connectivity index (χ0v) is 12.4. The fraction of sp³-hybridized carbons (Fsp3) is 0.200. The lowest BCUT2D eigenvalue weighted by Gasteiger charge is -2.29. The van der Waals surface area contributed by atoms with Gasteiger partial charge in [0.05, 0.1) is 4.92 Å². The first-order chi connectivity index (χ1) is 10.2. The van der Waals surface area contributed by atoms with Crippen molar-refractivity contribution in [1.29, 1.82) is 0 Å². The molecule has 0 unspecified atom stereocenters. The second-order valence-corrected chi connectivity index (χ2v) is 5.89. The van der Waals surface area contributed by atoms with Gasteiger partial charge in [0.2, 0.25) is 5.78 Å². The molecule has 1 aliphatic carbocycles. The lowest BCUT2D eigenvalue weighted by molar-refractivity contribution is -0.417. The highest BCUT2D eigenvalue weighted by Gasteiger charge is 2.41. The van der Waals surface area contributed by atoms with Crippen LogP contribution in [-0.4, -0.2) is 22.1 Å². The molecule has 1 aromatic carbocycles. The number of carbonyl (C=O) groups is 2. The van der Waals surface area contributed by atoms with Gasteiger partial charge >= 0.3 is 5.70 Å². The third-order valence-corrected chi connectivity index (χ3v) is 3.86. The van der Waals surface area contributed by atoms with Crippen LogP contribution in [0.2, 0.25) is 0 Å². The molecule has 0 fully saturated rings. The number of Topliss-reactive ketones (excluding diaryl/α,β-unsaturated/α-hetero) is 2. The van der Waals surface area contributed by atoms with Crippen LogP contribution >= 0.6 is 11.6 Å². The van der Waals surface area contributed by atoms with Gasteiger partial charge in [0.1, 0.15) is 11.4 Å². The van der Waals surface area contributed by atoms with Crippen LogP contribution in [0.1, 0.15) is 40.1 Å². The Bertz CT molecular complexity index is 819. The van der Waals surface area contributed by atoms with Gasteiger partial charge in [-0.15, -0.1) is 0 Å². The highest BCUT2D eigenvalue weighted by atomic mass is 35.5. The smallest absolute Gasteiger partial charge is 0.339 e. The monoisotopic (exact) mass is 319 g/mol. The quantitative estimate of drug-likeness (QED) is 0.586. The molecule has 7 heteroatoms. The van der Waals surface area contributed by atoms with E-state index in [0.717, 1.165) is 0 Å². The van der Waals surface area contributed by atoms with Gasteiger partial charge in [0.25, 0.3) is 5.78 Å². The minimum absolute atomic E-state index is 0.0344. The first-order valence-corrected chi connectivity index (χ1v) is 6.79. The number of nitro groups is 1. The van der Waals surface area contributed by atoms with Gasteiger partial charge in [0.15, 0.2) is 5.03 Å². The van der Waals surface area contributed by atoms with Crippen molar-refractivity contribution in [2.24, 2.45) is 0 Å². The van der Waals surface area contributed by atoms with E-state index in [4.69, 9.17) is 16.3 Å². The average molecular weight is 320 g/mol. The maximum Gasteiger partial charge on any atom is 0.339 e. The van der Waals surface area contributed by atoms with Gasteiger partial charge in [-0.1, -0.05) is 17.7 Å². The second-order valence-electron chi connectivity index (χ2n) is 5.52. The highest BCUT2D eigenvalue weighted by Crippen LogP contribution is 2.39. The molecule has 3 rings (SSSR count). The predicted molar refractivity (Wildman–Crippen MR) is 78.7 cm³/mol. The molecule has 0 saturated carbocycles. The van der Waals surface area contributed by atoms with Gasteiger partial charge < -0.3 is 4.74 Å². The third-order valence-electron chi connectivity index (χ3n) is 3.51. The summed E-state index contributed by atoms with van der Waals surface area (Å²) in [6, 6.07) is 2.89. The molecule has 0 aromatic heterocycles. The van der Waals surface area contributed by atoms with Crippen molar-refractivity contribution < 1.29 is 19.2 Å². The van der Waals surface area contributed by atoms with E-state index in [-0.39, 0.29) is 11.1 Å². The van der Waals surface area contributed by atoms with Crippen LogP contribution in [0.4, 0.5) is 0 Å². The highest BCUT2D eigenvalue weighted by molar-refractivity contribution is 6.50. The molecule has 112 valence electrons. The van der Waals surface area contributed by atoms with Crippen molar-refractivity contribution in [1.82, 2.24) is 0 Å². The Balaban J connectivity index is 2.27. The Morgan fingerprint density at radius 1 is 1.23 bits per heavy atom.